The summed E-state index contributed by atoms with van der Waals surface area (Å²) in [4.78, 5) is 14.2. The third-order valence-electron chi connectivity index (χ3n) is 3.80. The fraction of sp³-hybridized carbons (Fsp3) is 0.333. The molecule has 1 heterocycles. The summed E-state index contributed by atoms with van der Waals surface area (Å²) >= 11 is 0. The number of carbonyl (C=O) groups is 1. The van der Waals surface area contributed by atoms with Crippen molar-refractivity contribution in [2.75, 3.05) is 18.0 Å². The molecule has 0 saturated carbocycles. The smallest absolute Gasteiger partial charge is 0.274 e. The number of hydrogen-bond donors (Lipinski definition) is 2. The van der Waals surface area contributed by atoms with Crippen LogP contribution < -0.4 is 10.3 Å². The van der Waals surface area contributed by atoms with Gasteiger partial charge >= 0.3 is 0 Å². The van der Waals surface area contributed by atoms with Gasteiger partial charge in [-0.2, -0.15) is 5.10 Å². The molecule has 0 radical (unpaired) electrons. The van der Waals surface area contributed by atoms with Gasteiger partial charge in [0.2, 0.25) is 0 Å². The SMILES string of the molecule is CCN(CC)c1ccc(C=NNC(=O)c2cc(C)oc2C)c(O)c1. The monoisotopic (exact) mass is 329 g/mol. The highest BCUT2D eigenvalue weighted by Crippen LogP contribution is 2.23. The van der Waals surface area contributed by atoms with Gasteiger partial charge in [0.15, 0.2) is 0 Å². The average Bonchev–Trinajstić information content (AvgIpc) is 2.89. The summed E-state index contributed by atoms with van der Waals surface area (Å²) in [5.41, 5.74) is 4.37. The Kier molecular flexibility index (Phi) is 5.63. The Balaban J connectivity index is 2.06. The van der Waals surface area contributed by atoms with Crippen LogP contribution in [0.1, 0.15) is 41.3 Å². The average molecular weight is 329 g/mol. The molecule has 0 aliphatic heterocycles. The van der Waals surface area contributed by atoms with Gasteiger partial charge in [-0.1, -0.05) is 0 Å². The van der Waals surface area contributed by atoms with Crippen LogP contribution in [0.4, 0.5) is 5.69 Å². The van der Waals surface area contributed by atoms with Crippen molar-refractivity contribution in [3.63, 3.8) is 0 Å². The minimum absolute atomic E-state index is 0.118. The molecule has 1 aromatic carbocycles. The first-order valence-electron chi connectivity index (χ1n) is 7.94. The summed E-state index contributed by atoms with van der Waals surface area (Å²) < 4.78 is 5.32. The van der Waals surface area contributed by atoms with Gasteiger partial charge in [0.25, 0.3) is 5.91 Å². The van der Waals surface area contributed by atoms with Crippen LogP contribution in [0.3, 0.4) is 0 Å². The van der Waals surface area contributed by atoms with Crippen molar-refractivity contribution < 1.29 is 14.3 Å². The molecule has 0 spiro atoms. The molecule has 2 rings (SSSR count). The second-order valence-electron chi connectivity index (χ2n) is 5.44. The van der Waals surface area contributed by atoms with Crippen LogP contribution in [0, 0.1) is 13.8 Å². The summed E-state index contributed by atoms with van der Waals surface area (Å²) in [6, 6.07) is 7.04. The lowest BCUT2D eigenvalue weighted by Crippen LogP contribution is -2.21. The predicted octanol–water partition coefficient (Wildman–Crippen LogP) is 3.21. The van der Waals surface area contributed by atoms with E-state index in [-0.39, 0.29) is 11.7 Å². The van der Waals surface area contributed by atoms with Crippen molar-refractivity contribution in [3.8, 4) is 5.75 Å². The minimum Gasteiger partial charge on any atom is -0.507 e. The Labute approximate surface area is 141 Å². The van der Waals surface area contributed by atoms with E-state index in [1.165, 1.54) is 6.21 Å². The summed E-state index contributed by atoms with van der Waals surface area (Å²) in [6.07, 6.45) is 1.42. The maximum atomic E-state index is 12.0. The van der Waals surface area contributed by atoms with Gasteiger partial charge in [-0.3, -0.25) is 4.79 Å². The van der Waals surface area contributed by atoms with Crippen LogP contribution in [0.2, 0.25) is 0 Å². The predicted molar refractivity (Wildman–Crippen MR) is 94.9 cm³/mol. The van der Waals surface area contributed by atoms with E-state index in [0.717, 1.165) is 18.8 Å². The number of hydrazone groups is 1. The molecule has 0 unspecified atom stereocenters. The second kappa shape index (κ2) is 7.68. The van der Waals surface area contributed by atoms with Crippen LogP contribution in [0.5, 0.6) is 5.75 Å². The van der Waals surface area contributed by atoms with Gasteiger partial charge in [0.05, 0.1) is 11.8 Å². The number of phenolic OH excluding ortho intramolecular Hbond substituents is 1. The quantitative estimate of drug-likeness (QED) is 0.630. The van der Waals surface area contributed by atoms with Gasteiger partial charge in [-0.05, 0) is 45.9 Å². The van der Waals surface area contributed by atoms with E-state index in [9.17, 15) is 9.90 Å². The maximum Gasteiger partial charge on any atom is 0.274 e. The molecule has 6 heteroatoms. The molecule has 24 heavy (non-hydrogen) atoms. The van der Waals surface area contributed by atoms with Gasteiger partial charge in [-0.25, -0.2) is 5.43 Å². The summed E-state index contributed by atoms with van der Waals surface area (Å²) in [7, 11) is 0. The number of nitrogens with one attached hydrogen (secondary N) is 1. The first-order chi connectivity index (χ1) is 11.5. The molecule has 2 aromatic rings. The number of hydrogen-bond acceptors (Lipinski definition) is 5. The number of benzene rings is 1. The van der Waals surface area contributed by atoms with Crippen molar-refractivity contribution in [2.45, 2.75) is 27.7 Å². The number of amides is 1. The van der Waals surface area contributed by atoms with Gasteiger partial charge < -0.3 is 14.4 Å². The molecule has 0 saturated heterocycles. The van der Waals surface area contributed by atoms with E-state index in [1.54, 1.807) is 32.0 Å². The number of rotatable bonds is 6. The summed E-state index contributed by atoms with van der Waals surface area (Å²) in [5.74, 6) is 0.991. The Morgan fingerprint density at radius 1 is 1.29 bits per heavy atom. The third-order valence-corrected chi connectivity index (χ3v) is 3.80. The van der Waals surface area contributed by atoms with E-state index in [0.29, 0.717) is 22.6 Å². The van der Waals surface area contributed by atoms with Crippen LogP contribution in [0.15, 0.2) is 33.8 Å². The first kappa shape index (κ1) is 17.6. The highest BCUT2D eigenvalue weighted by Gasteiger charge is 2.12. The number of anilines is 1. The van der Waals surface area contributed by atoms with Crippen molar-refractivity contribution in [1.29, 1.82) is 0 Å². The lowest BCUT2D eigenvalue weighted by Gasteiger charge is -2.21. The molecule has 0 aliphatic carbocycles. The molecular formula is C18H23N3O3. The molecular weight excluding hydrogens is 306 g/mol. The van der Waals surface area contributed by atoms with Crippen LogP contribution in [0.25, 0.3) is 0 Å². The van der Waals surface area contributed by atoms with Crippen LogP contribution in [-0.2, 0) is 0 Å². The number of nitrogens with zero attached hydrogens (tertiary/aromatic N) is 2. The maximum absolute atomic E-state index is 12.0. The highest BCUT2D eigenvalue weighted by molar-refractivity contribution is 5.96. The molecule has 0 fully saturated rings. The number of carbonyl (C=O) groups excluding carboxylic acids is 1. The number of phenols is 1. The minimum atomic E-state index is -0.347. The second-order valence-corrected chi connectivity index (χ2v) is 5.44. The van der Waals surface area contributed by atoms with Gasteiger partial charge in [0.1, 0.15) is 17.3 Å². The fourth-order valence-corrected chi connectivity index (χ4v) is 2.50. The summed E-state index contributed by atoms with van der Waals surface area (Å²) in [5, 5.41) is 14.0. The van der Waals surface area contributed by atoms with Crippen molar-refractivity contribution in [1.82, 2.24) is 5.43 Å². The lowest BCUT2D eigenvalue weighted by atomic mass is 10.2. The fourth-order valence-electron chi connectivity index (χ4n) is 2.50. The zero-order chi connectivity index (χ0) is 17.7. The van der Waals surface area contributed by atoms with E-state index in [2.05, 4.69) is 29.3 Å². The molecule has 0 aliphatic rings. The van der Waals surface area contributed by atoms with Crippen LogP contribution in [-0.4, -0.2) is 30.3 Å². The van der Waals surface area contributed by atoms with E-state index in [4.69, 9.17) is 4.42 Å². The standard InChI is InChI=1S/C18H23N3O3/c1-5-21(6-2)15-8-7-14(17(22)10-15)11-19-20-18(23)16-9-12(3)24-13(16)4/h7-11,22H,5-6H2,1-4H3,(H,20,23). The zero-order valence-electron chi connectivity index (χ0n) is 14.5. The molecule has 0 bridgehead atoms. The molecule has 128 valence electrons. The van der Waals surface area contributed by atoms with Crippen molar-refractivity contribution in [2.24, 2.45) is 5.10 Å². The highest BCUT2D eigenvalue weighted by atomic mass is 16.3. The number of aromatic hydroxyl groups is 1. The van der Waals surface area contributed by atoms with Crippen molar-refractivity contribution in [3.05, 3.63) is 46.9 Å². The Morgan fingerprint density at radius 3 is 2.54 bits per heavy atom. The van der Waals surface area contributed by atoms with Gasteiger partial charge in [0, 0.05) is 30.4 Å². The Morgan fingerprint density at radius 2 is 2.00 bits per heavy atom. The number of furan rings is 1. The molecule has 1 amide bonds. The van der Waals surface area contributed by atoms with E-state index in [1.807, 2.05) is 6.07 Å². The molecule has 0 atom stereocenters. The molecule has 1 aromatic heterocycles. The largest absolute Gasteiger partial charge is 0.507 e. The summed E-state index contributed by atoms with van der Waals surface area (Å²) in [6.45, 7) is 9.35. The Hall–Kier alpha value is -2.76. The molecule has 6 nitrogen and oxygen atoms in total. The van der Waals surface area contributed by atoms with Crippen LogP contribution >= 0.6 is 0 Å². The van der Waals surface area contributed by atoms with Crippen molar-refractivity contribution >= 4 is 17.8 Å². The van der Waals surface area contributed by atoms with Gasteiger partial charge in [-0.15, -0.1) is 0 Å². The normalized spacial score (nSPS) is 11.0. The topological polar surface area (TPSA) is 78.1 Å². The first-order valence-corrected chi connectivity index (χ1v) is 7.94. The zero-order valence-corrected chi connectivity index (χ0v) is 14.5. The Bertz CT molecular complexity index is 746. The van der Waals surface area contributed by atoms with E-state index >= 15 is 0 Å². The lowest BCUT2D eigenvalue weighted by molar-refractivity contribution is 0.0953. The number of aryl methyl sites for hydroxylation is 2. The third kappa shape index (κ3) is 3.95. The van der Waals surface area contributed by atoms with E-state index < -0.39 is 0 Å². The molecule has 2 N–H and O–H groups in total.